The Morgan fingerprint density at radius 2 is 2.24 bits per heavy atom. The molecule has 112 valence electrons. The van der Waals surface area contributed by atoms with Crippen LogP contribution in [0.5, 0.6) is 0 Å². The van der Waals surface area contributed by atoms with Crippen LogP contribution in [0.1, 0.15) is 12.5 Å². The number of nitrogens with two attached hydrogens (primary N) is 1. The van der Waals surface area contributed by atoms with E-state index in [1.54, 1.807) is 10.9 Å². The molecule has 0 aromatic carbocycles. The second-order valence-electron chi connectivity index (χ2n) is 5.81. The summed E-state index contributed by atoms with van der Waals surface area (Å²) in [5.74, 6) is 0.430. The molecule has 7 nitrogen and oxygen atoms in total. The summed E-state index contributed by atoms with van der Waals surface area (Å²) in [5.41, 5.74) is 6.58. The topological polar surface area (TPSA) is 110 Å². The largest absolute Gasteiger partial charge is 0.390 e. The molecule has 9 heteroatoms. The number of hydrogen-bond donors (Lipinski definition) is 3. The number of imidazole rings is 1. The summed E-state index contributed by atoms with van der Waals surface area (Å²) in [5, 5.41) is 20.8. The van der Waals surface area contributed by atoms with Gasteiger partial charge in [-0.05, 0) is 23.9 Å². The van der Waals surface area contributed by atoms with Crippen molar-refractivity contribution in [1.29, 1.82) is 0 Å². The monoisotopic (exact) mass is 421 g/mol. The van der Waals surface area contributed by atoms with Crippen LogP contribution < -0.4 is 5.73 Å². The van der Waals surface area contributed by atoms with Crippen LogP contribution in [0.3, 0.4) is 0 Å². The van der Waals surface area contributed by atoms with Crippen molar-refractivity contribution in [3.63, 3.8) is 0 Å². The molecule has 2 aromatic heterocycles. The van der Waals surface area contributed by atoms with Gasteiger partial charge in [-0.15, -0.1) is 0 Å². The Bertz CT molecular complexity index is 740. The third kappa shape index (κ3) is 1.70. The number of rotatable bonds is 2. The Hall–Kier alpha value is -0.710. The second kappa shape index (κ2) is 4.40. The van der Waals surface area contributed by atoms with Crippen molar-refractivity contribution in [1.82, 2.24) is 19.5 Å². The van der Waals surface area contributed by atoms with E-state index >= 15 is 0 Å². The van der Waals surface area contributed by atoms with Gasteiger partial charge >= 0.3 is 0 Å². The van der Waals surface area contributed by atoms with Crippen LogP contribution in [0.2, 0.25) is 5.28 Å². The predicted molar refractivity (Wildman–Crippen MR) is 85.2 cm³/mol. The maximum atomic E-state index is 10.4. The molecule has 2 aromatic rings. The van der Waals surface area contributed by atoms with Crippen molar-refractivity contribution in [2.45, 2.75) is 24.7 Å². The van der Waals surface area contributed by atoms with Crippen molar-refractivity contribution in [3.8, 4) is 0 Å². The van der Waals surface area contributed by atoms with Crippen LogP contribution >= 0.6 is 34.2 Å². The van der Waals surface area contributed by atoms with Gasteiger partial charge in [0, 0.05) is 9.84 Å². The van der Waals surface area contributed by atoms with Gasteiger partial charge in [0.15, 0.2) is 11.5 Å². The maximum Gasteiger partial charge on any atom is 0.226 e. The summed E-state index contributed by atoms with van der Waals surface area (Å²) in [6.45, 7) is 0. The molecule has 2 saturated carbocycles. The standard InChI is InChI=1S/C12H13ClIN5O2/c13-11-17-9(15)5-10(18-11)19(3-16-5)6-4-1-12(4,2-14)8(21)7(6)20/h3-4,6-8,20-21H,1-2H2,(H2,15,17,18)/t4-,6-,7+,8+,12+/m1/s1. The first-order valence-electron chi connectivity index (χ1n) is 6.57. The SMILES string of the molecule is Nc1nc(Cl)nc2c1ncn2[C@H]1[C@H](O)[C@H](O)[C@]2(CI)C[C@H]12. The molecule has 2 heterocycles. The zero-order valence-electron chi connectivity index (χ0n) is 10.8. The fraction of sp³-hybridized carbons (Fsp3) is 0.583. The number of aliphatic hydroxyl groups excluding tert-OH is 2. The molecule has 0 aliphatic heterocycles. The summed E-state index contributed by atoms with van der Waals surface area (Å²) >= 11 is 8.14. The Balaban J connectivity index is 1.85. The molecule has 2 aliphatic rings. The van der Waals surface area contributed by atoms with Gasteiger partial charge in [0.25, 0.3) is 0 Å². The van der Waals surface area contributed by atoms with Crippen molar-refractivity contribution in [3.05, 3.63) is 11.6 Å². The summed E-state index contributed by atoms with van der Waals surface area (Å²) in [7, 11) is 0. The lowest BCUT2D eigenvalue weighted by molar-refractivity contribution is -0.0121. The minimum atomic E-state index is -0.842. The van der Waals surface area contributed by atoms with Gasteiger partial charge in [-0.25, -0.2) is 4.98 Å². The van der Waals surface area contributed by atoms with Gasteiger partial charge in [-0.3, -0.25) is 0 Å². The Kier molecular flexibility index (Phi) is 2.92. The van der Waals surface area contributed by atoms with Crippen LogP contribution in [0.4, 0.5) is 5.82 Å². The van der Waals surface area contributed by atoms with Crippen molar-refractivity contribution >= 4 is 51.2 Å². The van der Waals surface area contributed by atoms with Crippen LogP contribution in [-0.2, 0) is 0 Å². The van der Waals surface area contributed by atoms with Crippen LogP contribution in [0.25, 0.3) is 11.2 Å². The third-order valence-corrected chi connectivity index (χ3v) is 6.43. The van der Waals surface area contributed by atoms with E-state index in [4.69, 9.17) is 17.3 Å². The highest BCUT2D eigenvalue weighted by atomic mass is 127. The molecule has 0 amide bonds. The van der Waals surface area contributed by atoms with Gasteiger partial charge < -0.3 is 20.5 Å². The zero-order valence-corrected chi connectivity index (χ0v) is 13.7. The van der Waals surface area contributed by atoms with E-state index in [0.717, 1.165) is 10.8 Å². The average molecular weight is 422 g/mol. The number of fused-ring (bicyclic) bond motifs is 2. The molecule has 2 aliphatic carbocycles. The molecule has 4 N–H and O–H groups in total. The van der Waals surface area contributed by atoms with Gasteiger partial charge in [-0.2, -0.15) is 9.97 Å². The summed E-state index contributed by atoms with van der Waals surface area (Å²) < 4.78 is 2.59. The summed E-state index contributed by atoms with van der Waals surface area (Å²) in [6, 6.07) is -0.259. The maximum absolute atomic E-state index is 10.4. The minimum absolute atomic E-state index is 0.0470. The molecule has 21 heavy (non-hydrogen) atoms. The highest BCUT2D eigenvalue weighted by Crippen LogP contribution is 2.68. The quantitative estimate of drug-likeness (QED) is 0.375. The number of nitrogens with zero attached hydrogens (tertiary/aromatic N) is 4. The van der Waals surface area contributed by atoms with Gasteiger partial charge in [-0.1, -0.05) is 22.6 Å². The van der Waals surface area contributed by atoms with Gasteiger partial charge in [0.2, 0.25) is 5.28 Å². The third-order valence-electron chi connectivity index (χ3n) is 4.84. The van der Waals surface area contributed by atoms with Crippen molar-refractivity contribution in [2.24, 2.45) is 11.3 Å². The lowest BCUT2D eigenvalue weighted by atomic mass is 10.0. The Morgan fingerprint density at radius 3 is 2.90 bits per heavy atom. The lowest BCUT2D eigenvalue weighted by Crippen LogP contribution is -2.34. The smallest absolute Gasteiger partial charge is 0.226 e. The number of anilines is 1. The first-order chi connectivity index (χ1) is 9.99. The number of nitrogen functional groups attached to an aromatic ring is 1. The number of alkyl halides is 1. The summed E-state index contributed by atoms with van der Waals surface area (Å²) in [6.07, 6.45) is 0.920. The first kappa shape index (κ1) is 13.9. The van der Waals surface area contributed by atoms with E-state index < -0.39 is 12.2 Å². The van der Waals surface area contributed by atoms with E-state index in [9.17, 15) is 10.2 Å². The normalized spacial score (nSPS) is 37.9. The molecule has 4 rings (SSSR count). The zero-order chi connectivity index (χ0) is 14.9. The van der Waals surface area contributed by atoms with E-state index in [2.05, 4.69) is 37.5 Å². The van der Waals surface area contributed by atoms with Gasteiger partial charge in [0.05, 0.1) is 18.5 Å². The Labute approximate surface area is 138 Å². The van der Waals surface area contributed by atoms with Crippen molar-refractivity contribution < 1.29 is 10.2 Å². The number of halogens is 2. The molecule has 5 atom stereocenters. The van der Waals surface area contributed by atoms with Crippen LogP contribution in [-0.4, -0.2) is 46.4 Å². The number of aliphatic hydroxyl groups is 2. The average Bonchev–Trinajstić information content (AvgIpc) is 2.97. The molecular formula is C12H13ClIN5O2. The highest BCUT2D eigenvalue weighted by molar-refractivity contribution is 14.1. The van der Waals surface area contributed by atoms with E-state index in [1.165, 1.54) is 0 Å². The molecule has 2 fully saturated rings. The summed E-state index contributed by atoms with van der Waals surface area (Å²) in [4.78, 5) is 12.3. The Morgan fingerprint density at radius 1 is 1.48 bits per heavy atom. The molecule has 0 unspecified atom stereocenters. The number of hydrogen-bond acceptors (Lipinski definition) is 6. The van der Waals surface area contributed by atoms with Crippen LogP contribution in [0.15, 0.2) is 6.33 Å². The van der Waals surface area contributed by atoms with Crippen molar-refractivity contribution in [2.75, 3.05) is 10.2 Å². The molecule has 0 spiro atoms. The molecule has 0 saturated heterocycles. The van der Waals surface area contributed by atoms with Gasteiger partial charge in [0.1, 0.15) is 11.6 Å². The predicted octanol–water partition coefficient (Wildman–Crippen LogP) is 0.780. The van der Waals surface area contributed by atoms with E-state index in [1.807, 2.05) is 0 Å². The first-order valence-corrected chi connectivity index (χ1v) is 8.47. The second-order valence-corrected chi connectivity index (χ2v) is 6.91. The van der Waals surface area contributed by atoms with E-state index in [0.29, 0.717) is 11.2 Å². The minimum Gasteiger partial charge on any atom is -0.390 e. The fourth-order valence-electron chi connectivity index (χ4n) is 3.64. The highest BCUT2D eigenvalue weighted by Gasteiger charge is 2.70. The molecule has 0 radical (unpaired) electrons. The fourth-order valence-corrected chi connectivity index (χ4v) is 5.14. The van der Waals surface area contributed by atoms with E-state index in [-0.39, 0.29) is 28.5 Å². The van der Waals surface area contributed by atoms with Crippen LogP contribution in [0, 0.1) is 11.3 Å². The molecular weight excluding hydrogens is 409 g/mol. The molecule has 0 bridgehead atoms. The lowest BCUT2D eigenvalue weighted by Gasteiger charge is -2.23. The number of aromatic nitrogens is 4.